The third kappa shape index (κ3) is 6.77. The summed E-state index contributed by atoms with van der Waals surface area (Å²) in [5, 5.41) is 39.9. The molecule has 2 heterocycles. The second-order valence-electron chi connectivity index (χ2n) is 7.07. The Morgan fingerprint density at radius 1 is 1.15 bits per heavy atom. The Balaban J connectivity index is 2.02. The van der Waals surface area contributed by atoms with Crippen LogP contribution in [0.3, 0.4) is 0 Å². The lowest BCUT2D eigenvalue weighted by atomic mass is 10.1. The molecule has 6 atom stereocenters. The minimum absolute atomic E-state index is 0.240. The maximum absolute atomic E-state index is 12.3. The van der Waals surface area contributed by atoms with Crippen molar-refractivity contribution in [3.63, 3.8) is 0 Å². The Morgan fingerprint density at radius 2 is 1.82 bits per heavy atom. The molecule has 0 saturated carbocycles. The van der Waals surface area contributed by atoms with E-state index in [1.165, 1.54) is 0 Å². The van der Waals surface area contributed by atoms with E-state index in [4.69, 9.17) is 31.2 Å². The van der Waals surface area contributed by atoms with Gasteiger partial charge in [-0.05, 0) is 6.07 Å². The Kier molecular flexibility index (Phi) is 8.55. The molecule has 16 heteroatoms. The fourth-order valence-corrected chi connectivity index (χ4v) is 2.77. The van der Waals surface area contributed by atoms with Crippen LogP contribution in [0.4, 0.5) is 5.82 Å². The first-order valence-corrected chi connectivity index (χ1v) is 9.43. The Labute approximate surface area is 184 Å². The summed E-state index contributed by atoms with van der Waals surface area (Å²) < 4.78 is 11.0. The van der Waals surface area contributed by atoms with Gasteiger partial charge in [0, 0.05) is 6.20 Å². The number of nitrogens with two attached hydrogens (primary N) is 2. The third-order valence-corrected chi connectivity index (χ3v) is 4.54. The lowest BCUT2D eigenvalue weighted by Gasteiger charge is -2.17. The van der Waals surface area contributed by atoms with Crippen LogP contribution in [-0.4, -0.2) is 90.8 Å². The summed E-state index contributed by atoms with van der Waals surface area (Å²) in [6.07, 6.45) is -6.06. The number of rotatable bonds is 10. The highest BCUT2D eigenvalue weighted by Gasteiger charge is 2.44. The van der Waals surface area contributed by atoms with Gasteiger partial charge in [0.25, 0.3) is 0 Å². The predicted molar refractivity (Wildman–Crippen MR) is 104 cm³/mol. The zero-order valence-electron chi connectivity index (χ0n) is 16.9. The lowest BCUT2D eigenvalue weighted by molar-refractivity contribution is -0.153. The average Bonchev–Trinajstić information content (AvgIpc) is 3.00. The number of amides is 1. The average molecular weight is 473 g/mol. The van der Waals surface area contributed by atoms with Crippen molar-refractivity contribution in [1.29, 1.82) is 0 Å². The van der Waals surface area contributed by atoms with E-state index in [1.54, 1.807) is 0 Å². The first kappa shape index (κ1) is 25.8. The molecule has 182 valence electrons. The number of aliphatic hydroxyl groups is 2. The van der Waals surface area contributed by atoms with E-state index in [1.807, 2.05) is 0 Å². The van der Waals surface area contributed by atoms with Crippen molar-refractivity contribution >= 4 is 29.6 Å². The summed E-state index contributed by atoms with van der Waals surface area (Å²) in [6.45, 7) is -0.558. The van der Waals surface area contributed by atoms with Gasteiger partial charge in [0.1, 0.15) is 36.8 Å². The van der Waals surface area contributed by atoms with Gasteiger partial charge in [-0.15, -0.1) is 0 Å². The van der Waals surface area contributed by atoms with Crippen LogP contribution in [-0.2, 0) is 28.7 Å². The largest absolute Gasteiger partial charge is 0.481 e. The molecule has 2 unspecified atom stereocenters. The van der Waals surface area contributed by atoms with Gasteiger partial charge in [-0.3, -0.25) is 23.7 Å². The second-order valence-corrected chi connectivity index (χ2v) is 7.07. The fraction of sp³-hybridized carbons (Fsp3) is 0.529. The van der Waals surface area contributed by atoms with Crippen molar-refractivity contribution in [1.82, 2.24) is 9.55 Å². The number of aliphatic hydroxyl groups excluding tert-OH is 2. The molecular formula is C17H23N5O11. The van der Waals surface area contributed by atoms with E-state index in [9.17, 15) is 34.2 Å². The summed E-state index contributed by atoms with van der Waals surface area (Å²) in [4.78, 5) is 60.6. The smallest absolute Gasteiger partial charge is 0.351 e. The zero-order chi connectivity index (χ0) is 24.9. The molecule has 0 spiro atoms. The number of carboxylic acids is 2. The topological polar surface area (TPSA) is 267 Å². The summed E-state index contributed by atoms with van der Waals surface area (Å²) in [5.74, 6) is -4.81. The number of nitrogens with one attached hydrogen (secondary N) is 1. The van der Waals surface area contributed by atoms with E-state index in [-0.39, 0.29) is 5.82 Å². The van der Waals surface area contributed by atoms with Crippen LogP contribution in [0.15, 0.2) is 17.1 Å². The van der Waals surface area contributed by atoms with Gasteiger partial charge >= 0.3 is 23.6 Å². The van der Waals surface area contributed by atoms with Gasteiger partial charge in [-0.25, -0.2) is 4.79 Å². The number of carboxylic acid groups (broad SMARTS) is 2. The number of nitrogens with zero attached hydrogens (tertiary/aromatic N) is 2. The maximum Gasteiger partial charge on any atom is 0.351 e. The number of aliphatic carboxylic acids is 2. The standard InChI is InChI=1S/C17H23N5O11/c18-6(3-10(23)24)14(28)20-9-1-2-22(17(31)21-9)15-13(27)12(26)8(33-15)5-32-11(25)4-7(19)16(29)30/h1-2,6-8,12-13,15,26-27H,3-5,18-19H2,(H,23,24)(H,29,30)(H,20,21,28,31)/t6-,7-,8+,12?,13?,15+/m0/s1. The van der Waals surface area contributed by atoms with E-state index in [0.29, 0.717) is 0 Å². The Hall–Kier alpha value is -3.44. The first-order chi connectivity index (χ1) is 15.4. The number of carbonyl (C=O) groups is 4. The van der Waals surface area contributed by atoms with Gasteiger partial charge in [0.2, 0.25) is 5.91 Å². The number of hydrogen-bond acceptors (Lipinski definition) is 12. The molecule has 33 heavy (non-hydrogen) atoms. The molecule has 0 radical (unpaired) electrons. The number of ether oxygens (including phenoxy) is 2. The number of hydrogen-bond donors (Lipinski definition) is 7. The molecule has 1 aromatic heterocycles. The molecule has 1 amide bonds. The molecule has 0 aromatic carbocycles. The van der Waals surface area contributed by atoms with E-state index in [0.717, 1.165) is 16.8 Å². The molecule has 1 saturated heterocycles. The first-order valence-electron chi connectivity index (χ1n) is 9.43. The van der Waals surface area contributed by atoms with Crippen LogP contribution in [0, 0.1) is 0 Å². The highest BCUT2D eigenvalue weighted by atomic mass is 16.6. The number of aromatic nitrogens is 2. The Bertz CT molecular complexity index is 967. The third-order valence-electron chi connectivity index (χ3n) is 4.54. The second kappa shape index (κ2) is 10.9. The molecule has 0 bridgehead atoms. The molecule has 1 aliphatic rings. The van der Waals surface area contributed by atoms with Gasteiger partial charge in [0.15, 0.2) is 6.23 Å². The van der Waals surface area contributed by atoms with Crippen LogP contribution in [0.1, 0.15) is 19.1 Å². The van der Waals surface area contributed by atoms with Crippen LogP contribution in [0.25, 0.3) is 0 Å². The highest BCUT2D eigenvalue weighted by Crippen LogP contribution is 2.28. The van der Waals surface area contributed by atoms with E-state index >= 15 is 0 Å². The highest BCUT2D eigenvalue weighted by molar-refractivity contribution is 5.95. The predicted octanol–water partition coefficient (Wildman–Crippen LogP) is -4.05. The van der Waals surface area contributed by atoms with E-state index in [2.05, 4.69) is 10.3 Å². The molecule has 0 aliphatic carbocycles. The number of esters is 1. The minimum atomic E-state index is -1.63. The fourth-order valence-electron chi connectivity index (χ4n) is 2.77. The monoisotopic (exact) mass is 473 g/mol. The van der Waals surface area contributed by atoms with Crippen LogP contribution in [0.5, 0.6) is 0 Å². The maximum atomic E-state index is 12.3. The van der Waals surface area contributed by atoms with Crippen LogP contribution < -0.4 is 22.5 Å². The number of anilines is 1. The normalized spacial score (nSPS) is 24.0. The summed E-state index contributed by atoms with van der Waals surface area (Å²) >= 11 is 0. The summed E-state index contributed by atoms with van der Waals surface area (Å²) in [5.41, 5.74) is 9.64. The quantitative estimate of drug-likeness (QED) is 0.159. The molecule has 16 nitrogen and oxygen atoms in total. The molecule has 2 rings (SSSR count). The molecule has 1 aliphatic heterocycles. The summed E-state index contributed by atoms with van der Waals surface area (Å²) in [7, 11) is 0. The zero-order valence-corrected chi connectivity index (χ0v) is 16.9. The molecule has 1 fully saturated rings. The van der Waals surface area contributed by atoms with Crippen molar-refractivity contribution in [2.75, 3.05) is 11.9 Å². The Morgan fingerprint density at radius 3 is 2.39 bits per heavy atom. The summed E-state index contributed by atoms with van der Waals surface area (Å²) in [6, 6.07) is -1.71. The van der Waals surface area contributed by atoms with E-state index < -0.39 is 85.6 Å². The minimum Gasteiger partial charge on any atom is -0.481 e. The van der Waals surface area contributed by atoms with Crippen molar-refractivity contribution in [3.05, 3.63) is 22.7 Å². The van der Waals surface area contributed by atoms with Crippen LogP contribution in [0.2, 0.25) is 0 Å². The van der Waals surface area contributed by atoms with Gasteiger partial charge in [-0.2, -0.15) is 4.98 Å². The van der Waals surface area contributed by atoms with Crippen molar-refractivity contribution in [3.8, 4) is 0 Å². The van der Waals surface area contributed by atoms with Gasteiger partial charge < -0.3 is 46.7 Å². The van der Waals surface area contributed by atoms with Crippen molar-refractivity contribution < 1.29 is 49.1 Å². The molecule has 9 N–H and O–H groups in total. The SMILES string of the molecule is N[C@@H](CC(=O)OC[C@H]1O[C@@H](n2ccc(NC(=O)[C@@H](N)CC(=O)O)nc2=O)C(O)C1O)C(=O)O. The van der Waals surface area contributed by atoms with Crippen molar-refractivity contribution in [2.24, 2.45) is 11.5 Å². The molecular weight excluding hydrogens is 450 g/mol. The van der Waals surface area contributed by atoms with Gasteiger partial charge in [0.05, 0.1) is 18.9 Å². The number of carbonyl (C=O) groups excluding carboxylic acids is 2. The lowest BCUT2D eigenvalue weighted by Crippen LogP contribution is -2.39. The van der Waals surface area contributed by atoms with Crippen molar-refractivity contribution in [2.45, 2.75) is 49.5 Å². The van der Waals surface area contributed by atoms with Crippen LogP contribution >= 0.6 is 0 Å². The van der Waals surface area contributed by atoms with Gasteiger partial charge in [-0.1, -0.05) is 0 Å². The molecule has 1 aromatic rings.